The van der Waals surface area contributed by atoms with Gasteiger partial charge in [0.2, 0.25) is 0 Å². The first-order chi connectivity index (χ1) is 13.6. The van der Waals surface area contributed by atoms with Crippen LogP contribution in [0.4, 0.5) is 0 Å². The van der Waals surface area contributed by atoms with E-state index in [0.29, 0.717) is 24.3 Å². The van der Waals surface area contributed by atoms with Crippen LogP contribution in [0.2, 0.25) is 0 Å². The highest BCUT2D eigenvalue weighted by atomic mass is 16.5. The van der Waals surface area contributed by atoms with E-state index >= 15 is 0 Å². The third-order valence-electron chi connectivity index (χ3n) is 4.51. The molecule has 0 aliphatic carbocycles. The van der Waals surface area contributed by atoms with E-state index in [1.165, 1.54) is 14.2 Å². The number of rotatable bonds is 8. The summed E-state index contributed by atoms with van der Waals surface area (Å²) in [5.41, 5.74) is 2.65. The van der Waals surface area contributed by atoms with E-state index < -0.39 is 5.97 Å². The van der Waals surface area contributed by atoms with E-state index in [1.54, 1.807) is 25.5 Å². The molecule has 1 aromatic heterocycles. The summed E-state index contributed by atoms with van der Waals surface area (Å²) in [4.78, 5) is 19.3. The second-order valence-electron chi connectivity index (χ2n) is 6.08. The summed E-state index contributed by atoms with van der Waals surface area (Å²) in [6.07, 6.45) is 4.22. The minimum Gasteiger partial charge on any atom is -0.497 e. The summed E-state index contributed by atoms with van der Waals surface area (Å²) in [5.74, 6) is 0.252. The maximum atomic E-state index is 11.7. The predicted octanol–water partition coefficient (Wildman–Crippen LogP) is 3.55. The van der Waals surface area contributed by atoms with Crippen molar-refractivity contribution in [3.8, 4) is 17.2 Å². The molecule has 2 aromatic carbocycles. The van der Waals surface area contributed by atoms with E-state index in [2.05, 4.69) is 9.98 Å². The van der Waals surface area contributed by atoms with E-state index in [1.807, 2.05) is 24.4 Å². The first-order valence-electron chi connectivity index (χ1n) is 8.71. The predicted molar refractivity (Wildman–Crippen MR) is 108 cm³/mol. The number of aromatic nitrogens is 1. The molecule has 28 heavy (non-hydrogen) atoms. The van der Waals surface area contributed by atoms with E-state index in [9.17, 15) is 9.90 Å². The first-order valence-corrected chi connectivity index (χ1v) is 8.71. The Bertz CT molecular complexity index is 1020. The van der Waals surface area contributed by atoms with Crippen molar-refractivity contribution in [3.63, 3.8) is 0 Å². The zero-order chi connectivity index (χ0) is 20.1. The molecule has 0 aliphatic rings. The number of fused-ring (bicyclic) bond motifs is 1. The molecule has 3 aromatic rings. The van der Waals surface area contributed by atoms with E-state index in [0.717, 1.165) is 22.2 Å². The summed E-state index contributed by atoms with van der Waals surface area (Å²) in [6.45, 7) is 0.511. The Labute approximate surface area is 162 Å². The Morgan fingerprint density at radius 3 is 2.64 bits per heavy atom. The SMILES string of the molecule is COc1ccc2[nH]cc(CCN=Cc3ccc(OC)c(OC)c3C(=O)O)c2c1. The van der Waals surface area contributed by atoms with Crippen LogP contribution in [0, 0.1) is 0 Å². The fourth-order valence-corrected chi connectivity index (χ4v) is 3.11. The van der Waals surface area contributed by atoms with Gasteiger partial charge in [0, 0.05) is 35.4 Å². The van der Waals surface area contributed by atoms with Gasteiger partial charge in [-0.25, -0.2) is 4.79 Å². The molecule has 1 heterocycles. The van der Waals surface area contributed by atoms with Gasteiger partial charge in [0.15, 0.2) is 11.5 Å². The molecular formula is C21H22N2O5. The fourth-order valence-electron chi connectivity index (χ4n) is 3.11. The maximum Gasteiger partial charge on any atom is 0.340 e. The highest BCUT2D eigenvalue weighted by Gasteiger charge is 2.19. The summed E-state index contributed by atoms with van der Waals surface area (Å²) >= 11 is 0. The number of hydrogen-bond donors (Lipinski definition) is 2. The number of carboxylic acid groups (broad SMARTS) is 1. The fraction of sp³-hybridized carbons (Fsp3) is 0.238. The van der Waals surface area contributed by atoms with Crippen LogP contribution in [0.5, 0.6) is 17.2 Å². The molecule has 0 aliphatic heterocycles. The third-order valence-corrected chi connectivity index (χ3v) is 4.51. The van der Waals surface area contributed by atoms with Gasteiger partial charge < -0.3 is 24.3 Å². The monoisotopic (exact) mass is 382 g/mol. The van der Waals surface area contributed by atoms with E-state index in [4.69, 9.17) is 14.2 Å². The number of ether oxygens (including phenoxy) is 3. The largest absolute Gasteiger partial charge is 0.497 e. The van der Waals surface area contributed by atoms with Crippen molar-refractivity contribution in [1.82, 2.24) is 4.98 Å². The molecular weight excluding hydrogens is 360 g/mol. The molecule has 0 saturated carbocycles. The summed E-state index contributed by atoms with van der Waals surface area (Å²) in [5, 5.41) is 10.6. The van der Waals surface area contributed by atoms with Crippen LogP contribution >= 0.6 is 0 Å². The van der Waals surface area contributed by atoms with Gasteiger partial charge >= 0.3 is 5.97 Å². The van der Waals surface area contributed by atoms with Crippen LogP contribution in [0.25, 0.3) is 10.9 Å². The maximum absolute atomic E-state index is 11.7. The van der Waals surface area contributed by atoms with Crippen LogP contribution < -0.4 is 14.2 Å². The molecule has 7 nitrogen and oxygen atoms in total. The van der Waals surface area contributed by atoms with Crippen molar-refractivity contribution in [2.75, 3.05) is 27.9 Å². The Hall–Kier alpha value is -3.48. The minimum absolute atomic E-state index is 0.0300. The van der Waals surface area contributed by atoms with Crippen LogP contribution in [-0.4, -0.2) is 50.1 Å². The molecule has 0 atom stereocenters. The number of hydrogen-bond acceptors (Lipinski definition) is 5. The van der Waals surface area contributed by atoms with Gasteiger partial charge in [-0.05, 0) is 42.3 Å². The molecule has 0 saturated heterocycles. The molecule has 7 heteroatoms. The lowest BCUT2D eigenvalue weighted by Crippen LogP contribution is -2.07. The number of nitrogens with one attached hydrogen (secondary N) is 1. The van der Waals surface area contributed by atoms with Crippen LogP contribution in [0.3, 0.4) is 0 Å². The first kappa shape index (κ1) is 19.3. The number of aromatic carboxylic acids is 1. The smallest absolute Gasteiger partial charge is 0.340 e. The molecule has 0 fully saturated rings. The molecule has 2 N–H and O–H groups in total. The lowest BCUT2D eigenvalue weighted by atomic mass is 10.1. The van der Waals surface area contributed by atoms with Gasteiger partial charge in [0.05, 0.1) is 21.3 Å². The van der Waals surface area contributed by atoms with Crippen molar-refractivity contribution in [2.45, 2.75) is 6.42 Å². The Kier molecular flexibility index (Phi) is 5.84. The number of H-pyrrole nitrogens is 1. The summed E-state index contributed by atoms with van der Waals surface area (Å²) in [7, 11) is 4.52. The molecule has 0 amide bonds. The van der Waals surface area contributed by atoms with Crippen molar-refractivity contribution in [3.05, 3.63) is 53.2 Å². The van der Waals surface area contributed by atoms with Gasteiger partial charge in [-0.3, -0.25) is 4.99 Å². The molecule has 0 bridgehead atoms. The number of methoxy groups -OCH3 is 3. The average molecular weight is 382 g/mol. The molecule has 0 radical (unpaired) electrons. The van der Waals surface area contributed by atoms with Crippen LogP contribution in [-0.2, 0) is 6.42 Å². The topological polar surface area (TPSA) is 93.1 Å². The third kappa shape index (κ3) is 3.78. The van der Waals surface area contributed by atoms with Gasteiger partial charge in [0.25, 0.3) is 0 Å². The van der Waals surface area contributed by atoms with Gasteiger partial charge in [-0.15, -0.1) is 0 Å². The molecule has 3 rings (SSSR count). The van der Waals surface area contributed by atoms with Crippen molar-refractivity contribution in [1.29, 1.82) is 0 Å². The second kappa shape index (κ2) is 8.47. The summed E-state index contributed by atoms with van der Waals surface area (Å²) in [6, 6.07) is 9.19. The lowest BCUT2D eigenvalue weighted by molar-refractivity contribution is 0.0692. The van der Waals surface area contributed by atoms with Crippen molar-refractivity contribution < 1.29 is 24.1 Å². The Morgan fingerprint density at radius 2 is 1.96 bits per heavy atom. The Balaban J connectivity index is 1.79. The second-order valence-corrected chi connectivity index (χ2v) is 6.08. The van der Waals surface area contributed by atoms with Crippen LogP contribution in [0.15, 0.2) is 41.5 Å². The zero-order valence-electron chi connectivity index (χ0n) is 16.0. The number of benzene rings is 2. The number of aromatic amines is 1. The number of aliphatic imine (C=N–C) groups is 1. The van der Waals surface area contributed by atoms with Gasteiger partial charge in [-0.2, -0.15) is 0 Å². The quantitative estimate of drug-likeness (QED) is 0.581. The average Bonchev–Trinajstić information content (AvgIpc) is 3.12. The highest BCUT2D eigenvalue weighted by Crippen LogP contribution is 2.33. The highest BCUT2D eigenvalue weighted by molar-refractivity contribution is 6.01. The number of carbonyl (C=O) groups is 1. The Morgan fingerprint density at radius 1 is 1.14 bits per heavy atom. The van der Waals surface area contributed by atoms with Crippen molar-refractivity contribution in [2.24, 2.45) is 4.99 Å². The lowest BCUT2D eigenvalue weighted by Gasteiger charge is -2.12. The summed E-state index contributed by atoms with van der Waals surface area (Å²) < 4.78 is 15.7. The number of carboxylic acids is 1. The molecule has 0 spiro atoms. The van der Waals surface area contributed by atoms with Gasteiger partial charge in [0.1, 0.15) is 11.3 Å². The molecule has 146 valence electrons. The molecule has 0 unspecified atom stereocenters. The van der Waals surface area contributed by atoms with E-state index in [-0.39, 0.29) is 11.3 Å². The van der Waals surface area contributed by atoms with Crippen LogP contribution in [0.1, 0.15) is 21.5 Å². The van der Waals surface area contributed by atoms with Crippen molar-refractivity contribution >= 4 is 23.1 Å². The minimum atomic E-state index is -1.10. The zero-order valence-corrected chi connectivity index (χ0v) is 16.0. The standard InChI is InChI=1S/C21H22N2O5/c1-26-15-5-6-17-16(10-15)13(12-23-17)8-9-22-11-14-4-7-18(27-2)20(28-3)19(14)21(24)25/h4-7,10-12,23H,8-9H2,1-3H3,(H,24,25). The normalized spacial score (nSPS) is 11.1. The van der Waals surface area contributed by atoms with Gasteiger partial charge in [-0.1, -0.05) is 0 Å². The number of nitrogens with zero attached hydrogens (tertiary/aromatic N) is 1.